The summed E-state index contributed by atoms with van der Waals surface area (Å²) >= 11 is 0. The van der Waals surface area contributed by atoms with E-state index in [0.29, 0.717) is 18.5 Å². The third kappa shape index (κ3) is 2.82. The normalized spacial score (nSPS) is 9.88. The number of carbonyl (C=O) groups excluding carboxylic acids is 2. The van der Waals surface area contributed by atoms with Crippen molar-refractivity contribution in [2.45, 2.75) is 26.7 Å². The maximum Gasteiger partial charge on any atom is 0.233 e. The van der Waals surface area contributed by atoms with Gasteiger partial charge in [0.05, 0.1) is 5.69 Å². The molecule has 1 aromatic carbocycles. The largest absolute Gasteiger partial charge is 0.508 e. The zero-order valence-electron chi connectivity index (χ0n) is 9.43. The molecule has 1 rings (SSSR count). The van der Waals surface area contributed by atoms with Crippen molar-refractivity contribution in [2.75, 3.05) is 4.90 Å². The smallest absolute Gasteiger partial charge is 0.233 e. The van der Waals surface area contributed by atoms with Crippen molar-refractivity contribution in [2.24, 2.45) is 0 Å². The van der Waals surface area contributed by atoms with Crippen molar-refractivity contribution in [3.8, 4) is 5.75 Å². The Kier molecular flexibility index (Phi) is 4.05. The number of hydrogen-bond acceptors (Lipinski definition) is 3. The van der Waals surface area contributed by atoms with E-state index in [1.165, 1.54) is 19.1 Å². The molecule has 0 aromatic heterocycles. The molecule has 0 heterocycles. The van der Waals surface area contributed by atoms with Crippen LogP contribution in [0, 0.1) is 0 Å². The topological polar surface area (TPSA) is 57.6 Å². The zero-order valence-corrected chi connectivity index (χ0v) is 9.43. The Hall–Kier alpha value is -1.84. The molecular weight excluding hydrogens is 206 g/mol. The van der Waals surface area contributed by atoms with E-state index < -0.39 is 0 Å². The molecule has 0 aliphatic carbocycles. The van der Waals surface area contributed by atoms with Gasteiger partial charge in [0, 0.05) is 13.3 Å². The van der Waals surface area contributed by atoms with Gasteiger partial charge in [-0.05, 0) is 30.7 Å². The molecule has 0 unspecified atom stereocenters. The van der Waals surface area contributed by atoms with E-state index >= 15 is 0 Å². The number of benzene rings is 1. The first-order valence-electron chi connectivity index (χ1n) is 5.18. The van der Waals surface area contributed by atoms with Crippen molar-refractivity contribution in [1.29, 1.82) is 0 Å². The maximum absolute atomic E-state index is 11.7. The number of carbonyl (C=O) groups is 2. The number of aromatic hydroxyl groups is 1. The zero-order chi connectivity index (χ0) is 12.1. The molecule has 1 N–H and O–H groups in total. The summed E-state index contributed by atoms with van der Waals surface area (Å²) in [6.45, 7) is 3.23. The second kappa shape index (κ2) is 5.30. The number of phenols is 1. The second-order valence-electron chi connectivity index (χ2n) is 3.51. The van der Waals surface area contributed by atoms with E-state index in [9.17, 15) is 9.59 Å². The van der Waals surface area contributed by atoms with Crippen LogP contribution in [0.15, 0.2) is 24.3 Å². The number of anilines is 1. The average molecular weight is 221 g/mol. The standard InChI is InChI=1S/C12H15NO3/c1-3-4-12(16)13(9(2)14)10-5-7-11(15)8-6-10/h5-8,15H,3-4H2,1-2H3. The van der Waals surface area contributed by atoms with Gasteiger partial charge in [-0.2, -0.15) is 0 Å². The van der Waals surface area contributed by atoms with Crippen LogP contribution >= 0.6 is 0 Å². The molecule has 0 saturated carbocycles. The lowest BCUT2D eigenvalue weighted by molar-refractivity contribution is -0.125. The highest BCUT2D eigenvalue weighted by Gasteiger charge is 2.18. The van der Waals surface area contributed by atoms with Crippen molar-refractivity contribution >= 4 is 17.5 Å². The first kappa shape index (κ1) is 12.2. The van der Waals surface area contributed by atoms with Crippen LogP contribution in [0.3, 0.4) is 0 Å². The molecule has 0 radical (unpaired) electrons. The van der Waals surface area contributed by atoms with Crippen LogP contribution in [0.2, 0.25) is 0 Å². The van der Waals surface area contributed by atoms with E-state index in [0.717, 1.165) is 4.90 Å². The van der Waals surface area contributed by atoms with E-state index in [4.69, 9.17) is 5.11 Å². The number of nitrogens with zero attached hydrogens (tertiary/aromatic N) is 1. The Balaban J connectivity index is 2.98. The van der Waals surface area contributed by atoms with Crippen LogP contribution in [0.4, 0.5) is 5.69 Å². The van der Waals surface area contributed by atoms with E-state index in [1.54, 1.807) is 12.1 Å². The van der Waals surface area contributed by atoms with Gasteiger partial charge in [0.2, 0.25) is 11.8 Å². The average Bonchev–Trinajstić information content (AvgIpc) is 2.21. The predicted octanol–water partition coefficient (Wildman–Crippen LogP) is 2.07. The van der Waals surface area contributed by atoms with Gasteiger partial charge in [-0.25, -0.2) is 0 Å². The molecule has 0 saturated heterocycles. The van der Waals surface area contributed by atoms with Gasteiger partial charge in [-0.1, -0.05) is 6.92 Å². The third-order valence-corrected chi connectivity index (χ3v) is 2.14. The van der Waals surface area contributed by atoms with Crippen LogP contribution < -0.4 is 4.90 Å². The van der Waals surface area contributed by atoms with Crippen molar-refractivity contribution in [3.05, 3.63) is 24.3 Å². The number of rotatable bonds is 3. The molecule has 4 nitrogen and oxygen atoms in total. The first-order valence-corrected chi connectivity index (χ1v) is 5.18. The summed E-state index contributed by atoms with van der Waals surface area (Å²) < 4.78 is 0. The van der Waals surface area contributed by atoms with E-state index in [1.807, 2.05) is 6.92 Å². The van der Waals surface area contributed by atoms with Gasteiger partial charge >= 0.3 is 0 Å². The Morgan fingerprint density at radius 2 is 1.81 bits per heavy atom. The second-order valence-corrected chi connectivity index (χ2v) is 3.51. The summed E-state index contributed by atoms with van der Waals surface area (Å²) in [6.07, 6.45) is 1.03. The fourth-order valence-corrected chi connectivity index (χ4v) is 1.43. The van der Waals surface area contributed by atoms with E-state index in [2.05, 4.69) is 0 Å². The Morgan fingerprint density at radius 3 is 2.25 bits per heavy atom. The molecule has 0 bridgehead atoms. The lowest BCUT2D eigenvalue weighted by Crippen LogP contribution is -2.34. The molecule has 0 fully saturated rings. The minimum atomic E-state index is -0.316. The minimum Gasteiger partial charge on any atom is -0.508 e. The fraction of sp³-hybridized carbons (Fsp3) is 0.333. The minimum absolute atomic E-state index is 0.107. The molecule has 1 aromatic rings. The summed E-state index contributed by atoms with van der Waals surface area (Å²) in [5.74, 6) is -0.431. The van der Waals surface area contributed by atoms with Crippen LogP contribution in [0.25, 0.3) is 0 Å². The summed E-state index contributed by atoms with van der Waals surface area (Å²) in [5.41, 5.74) is 0.490. The highest BCUT2D eigenvalue weighted by molar-refractivity contribution is 6.13. The van der Waals surface area contributed by atoms with Gasteiger partial charge < -0.3 is 5.11 Å². The number of phenolic OH excluding ortho intramolecular Hbond substituents is 1. The van der Waals surface area contributed by atoms with Gasteiger partial charge in [0.15, 0.2) is 0 Å². The summed E-state index contributed by atoms with van der Waals surface area (Å²) in [7, 11) is 0. The Morgan fingerprint density at radius 1 is 1.25 bits per heavy atom. The molecular formula is C12H15NO3. The number of imide groups is 1. The van der Waals surface area contributed by atoms with Crippen molar-refractivity contribution in [3.63, 3.8) is 0 Å². The van der Waals surface area contributed by atoms with Gasteiger partial charge in [-0.3, -0.25) is 14.5 Å². The highest BCUT2D eigenvalue weighted by Crippen LogP contribution is 2.19. The first-order chi connectivity index (χ1) is 7.56. The molecule has 0 spiro atoms. The fourth-order valence-electron chi connectivity index (χ4n) is 1.43. The molecule has 2 amide bonds. The van der Waals surface area contributed by atoms with Crippen LogP contribution in [-0.2, 0) is 9.59 Å². The maximum atomic E-state index is 11.7. The summed E-state index contributed by atoms with van der Waals surface area (Å²) in [6, 6.07) is 5.99. The Bertz CT molecular complexity index is 384. The van der Waals surface area contributed by atoms with Crippen LogP contribution in [0.1, 0.15) is 26.7 Å². The molecule has 0 atom stereocenters. The summed E-state index contributed by atoms with van der Waals surface area (Å²) in [5, 5.41) is 9.13. The SMILES string of the molecule is CCCC(=O)N(C(C)=O)c1ccc(O)cc1. The Labute approximate surface area is 94.5 Å². The van der Waals surface area contributed by atoms with Gasteiger partial charge in [0.1, 0.15) is 5.75 Å². The lowest BCUT2D eigenvalue weighted by Gasteiger charge is -2.18. The lowest BCUT2D eigenvalue weighted by atomic mass is 10.2. The van der Waals surface area contributed by atoms with Crippen LogP contribution in [0.5, 0.6) is 5.75 Å². The van der Waals surface area contributed by atoms with Gasteiger partial charge in [-0.15, -0.1) is 0 Å². The molecule has 4 heteroatoms. The quantitative estimate of drug-likeness (QED) is 0.850. The highest BCUT2D eigenvalue weighted by atomic mass is 16.3. The molecule has 0 aliphatic heterocycles. The van der Waals surface area contributed by atoms with Crippen molar-refractivity contribution < 1.29 is 14.7 Å². The molecule has 16 heavy (non-hydrogen) atoms. The summed E-state index contributed by atoms with van der Waals surface area (Å²) in [4.78, 5) is 24.2. The van der Waals surface area contributed by atoms with Crippen molar-refractivity contribution in [1.82, 2.24) is 0 Å². The number of hydrogen-bond donors (Lipinski definition) is 1. The monoisotopic (exact) mass is 221 g/mol. The number of amides is 2. The predicted molar refractivity (Wildman–Crippen MR) is 61.2 cm³/mol. The van der Waals surface area contributed by atoms with E-state index in [-0.39, 0.29) is 17.6 Å². The van der Waals surface area contributed by atoms with Gasteiger partial charge in [0.25, 0.3) is 0 Å². The molecule has 86 valence electrons. The van der Waals surface area contributed by atoms with Crippen LogP contribution in [-0.4, -0.2) is 16.9 Å². The molecule has 0 aliphatic rings. The third-order valence-electron chi connectivity index (χ3n) is 2.14.